The molecule has 0 heterocycles. The number of aliphatic hydroxyl groups excluding tert-OH is 1. The Kier molecular flexibility index (Phi) is 7.41. The first kappa shape index (κ1) is 14.4. The molecule has 0 aromatic heterocycles. The first-order chi connectivity index (χ1) is 6.93. The van der Waals surface area contributed by atoms with Gasteiger partial charge < -0.3 is 5.11 Å². The van der Waals surface area contributed by atoms with Crippen LogP contribution in [0.1, 0.15) is 53.4 Å². The van der Waals surface area contributed by atoms with Gasteiger partial charge in [0, 0.05) is 0 Å². The maximum absolute atomic E-state index is 9.65. The Morgan fingerprint density at radius 2 is 1.87 bits per heavy atom. The van der Waals surface area contributed by atoms with E-state index in [-0.39, 0.29) is 6.10 Å². The Morgan fingerprint density at radius 1 is 1.27 bits per heavy atom. The molecule has 0 unspecified atom stereocenters. The van der Waals surface area contributed by atoms with Crippen LogP contribution in [0.25, 0.3) is 0 Å². The van der Waals surface area contributed by atoms with Crippen molar-refractivity contribution in [1.29, 1.82) is 0 Å². The summed E-state index contributed by atoms with van der Waals surface area (Å²) in [5.41, 5.74) is 2.62. The third kappa shape index (κ3) is 8.44. The monoisotopic (exact) mass is 210 g/mol. The molecule has 1 heteroatoms. The summed E-state index contributed by atoms with van der Waals surface area (Å²) >= 11 is 0. The number of hydrogen-bond donors (Lipinski definition) is 1. The van der Waals surface area contributed by atoms with Crippen LogP contribution in [0.4, 0.5) is 0 Å². The van der Waals surface area contributed by atoms with Gasteiger partial charge in [0.05, 0.1) is 6.10 Å². The third-order valence-electron chi connectivity index (χ3n) is 2.67. The second-order valence-corrected chi connectivity index (χ2v) is 4.90. The van der Waals surface area contributed by atoms with E-state index in [0.29, 0.717) is 5.92 Å². The van der Waals surface area contributed by atoms with Gasteiger partial charge in [-0.3, -0.25) is 0 Å². The molecule has 0 radical (unpaired) electrons. The van der Waals surface area contributed by atoms with E-state index in [1.807, 2.05) is 0 Å². The molecule has 0 aliphatic heterocycles. The molecule has 0 aliphatic carbocycles. The van der Waals surface area contributed by atoms with E-state index in [4.69, 9.17) is 0 Å². The summed E-state index contributed by atoms with van der Waals surface area (Å²) in [7, 11) is 0. The molecule has 0 spiro atoms. The summed E-state index contributed by atoms with van der Waals surface area (Å²) < 4.78 is 0. The molecule has 0 aromatic rings. The van der Waals surface area contributed by atoms with Crippen LogP contribution in [0.3, 0.4) is 0 Å². The molecule has 1 atom stereocenters. The fraction of sp³-hybridized carbons (Fsp3) is 0.714. The van der Waals surface area contributed by atoms with Crippen LogP contribution in [-0.2, 0) is 0 Å². The van der Waals surface area contributed by atoms with Crippen molar-refractivity contribution in [2.75, 3.05) is 0 Å². The average molecular weight is 210 g/mol. The molecule has 0 fully saturated rings. The van der Waals surface area contributed by atoms with Gasteiger partial charge >= 0.3 is 0 Å². The first-order valence-corrected chi connectivity index (χ1v) is 5.91. The largest absolute Gasteiger partial charge is 0.393 e. The van der Waals surface area contributed by atoms with E-state index in [1.165, 1.54) is 11.1 Å². The predicted molar refractivity (Wildman–Crippen MR) is 67.9 cm³/mol. The molecule has 0 aliphatic rings. The molecular weight excluding hydrogens is 184 g/mol. The highest BCUT2D eigenvalue weighted by Gasteiger charge is 2.08. The average Bonchev–Trinajstić information content (AvgIpc) is 2.13. The summed E-state index contributed by atoms with van der Waals surface area (Å²) in [6.07, 6.45) is 6.15. The van der Waals surface area contributed by atoms with Gasteiger partial charge in [-0.1, -0.05) is 31.1 Å². The fourth-order valence-electron chi connectivity index (χ4n) is 1.38. The van der Waals surface area contributed by atoms with Gasteiger partial charge in [-0.15, -0.1) is 6.58 Å². The van der Waals surface area contributed by atoms with Gasteiger partial charge in [-0.05, 0) is 45.4 Å². The quantitative estimate of drug-likeness (QED) is 0.628. The Morgan fingerprint density at radius 3 is 2.33 bits per heavy atom. The van der Waals surface area contributed by atoms with Crippen LogP contribution in [0.15, 0.2) is 23.8 Å². The van der Waals surface area contributed by atoms with Crippen molar-refractivity contribution < 1.29 is 5.11 Å². The molecule has 0 saturated heterocycles. The van der Waals surface area contributed by atoms with Crippen LogP contribution in [0.2, 0.25) is 0 Å². The lowest BCUT2D eigenvalue weighted by Crippen LogP contribution is -2.14. The predicted octanol–water partition coefficient (Wildman–Crippen LogP) is 4.09. The highest BCUT2D eigenvalue weighted by atomic mass is 16.3. The normalized spacial score (nSPS) is 14.4. The molecule has 0 aromatic carbocycles. The lowest BCUT2D eigenvalue weighted by molar-refractivity contribution is 0.116. The second kappa shape index (κ2) is 7.70. The topological polar surface area (TPSA) is 20.2 Å². The maximum atomic E-state index is 9.65. The summed E-state index contributed by atoms with van der Waals surface area (Å²) in [5, 5.41) is 9.65. The van der Waals surface area contributed by atoms with Crippen molar-refractivity contribution >= 4 is 0 Å². The van der Waals surface area contributed by atoms with Gasteiger partial charge in [0.15, 0.2) is 0 Å². The summed E-state index contributed by atoms with van der Waals surface area (Å²) in [6.45, 7) is 12.2. The molecule has 0 rings (SSSR count). The van der Waals surface area contributed by atoms with Crippen molar-refractivity contribution in [3.8, 4) is 0 Å². The fourth-order valence-corrected chi connectivity index (χ4v) is 1.38. The van der Waals surface area contributed by atoms with Crippen molar-refractivity contribution in [2.24, 2.45) is 5.92 Å². The Balaban J connectivity index is 3.72. The number of hydrogen-bond acceptors (Lipinski definition) is 1. The first-order valence-electron chi connectivity index (χ1n) is 5.91. The lowest BCUT2D eigenvalue weighted by Gasteiger charge is -2.14. The van der Waals surface area contributed by atoms with Gasteiger partial charge in [-0.2, -0.15) is 0 Å². The van der Waals surface area contributed by atoms with Crippen LogP contribution < -0.4 is 0 Å². The zero-order valence-electron chi connectivity index (χ0n) is 10.7. The van der Waals surface area contributed by atoms with Crippen molar-refractivity contribution in [3.05, 3.63) is 23.8 Å². The molecule has 0 bridgehead atoms. The van der Waals surface area contributed by atoms with E-state index >= 15 is 0 Å². The van der Waals surface area contributed by atoms with Gasteiger partial charge in [-0.25, -0.2) is 0 Å². The Hall–Kier alpha value is -0.560. The Bertz CT molecular complexity index is 213. The van der Waals surface area contributed by atoms with Crippen LogP contribution in [0.5, 0.6) is 0 Å². The van der Waals surface area contributed by atoms with Crippen molar-refractivity contribution in [1.82, 2.24) is 0 Å². The number of aliphatic hydroxyl groups is 1. The van der Waals surface area contributed by atoms with Crippen molar-refractivity contribution in [3.63, 3.8) is 0 Å². The standard InChI is InChI=1S/C14H26O/c1-11(2)7-6-8-13(5)9-10-14(15)12(3)4/h8,12,14-15H,1,6-7,9-10H2,2-5H3/b13-8-/t14-/m1/s1. The molecule has 0 saturated carbocycles. The second-order valence-electron chi connectivity index (χ2n) is 4.90. The molecule has 1 nitrogen and oxygen atoms in total. The van der Waals surface area contributed by atoms with Crippen molar-refractivity contribution in [2.45, 2.75) is 59.5 Å². The molecular formula is C14H26O. The molecule has 15 heavy (non-hydrogen) atoms. The lowest BCUT2D eigenvalue weighted by atomic mass is 9.99. The van der Waals surface area contributed by atoms with Gasteiger partial charge in [0.25, 0.3) is 0 Å². The third-order valence-corrected chi connectivity index (χ3v) is 2.67. The van der Waals surface area contributed by atoms with Gasteiger partial charge in [0.1, 0.15) is 0 Å². The van der Waals surface area contributed by atoms with Crippen LogP contribution >= 0.6 is 0 Å². The molecule has 0 amide bonds. The van der Waals surface area contributed by atoms with E-state index in [9.17, 15) is 5.11 Å². The minimum atomic E-state index is -0.158. The summed E-state index contributed by atoms with van der Waals surface area (Å²) in [6, 6.07) is 0. The molecule has 88 valence electrons. The molecule has 1 N–H and O–H groups in total. The smallest absolute Gasteiger partial charge is 0.0566 e. The van der Waals surface area contributed by atoms with Gasteiger partial charge in [0.2, 0.25) is 0 Å². The minimum absolute atomic E-state index is 0.158. The van der Waals surface area contributed by atoms with Crippen LogP contribution in [-0.4, -0.2) is 11.2 Å². The van der Waals surface area contributed by atoms with E-state index in [2.05, 4.69) is 40.3 Å². The van der Waals surface area contributed by atoms with E-state index in [0.717, 1.165) is 25.7 Å². The van der Waals surface area contributed by atoms with E-state index in [1.54, 1.807) is 0 Å². The zero-order chi connectivity index (χ0) is 11.8. The number of rotatable bonds is 7. The SMILES string of the molecule is C=C(C)CC/C=C(/C)CC[C@@H](O)C(C)C. The highest BCUT2D eigenvalue weighted by Crippen LogP contribution is 2.14. The Labute approximate surface area is 94.9 Å². The van der Waals surface area contributed by atoms with Crippen LogP contribution in [0, 0.1) is 5.92 Å². The summed E-state index contributed by atoms with van der Waals surface area (Å²) in [4.78, 5) is 0. The number of allylic oxidation sites excluding steroid dienone is 3. The zero-order valence-corrected chi connectivity index (χ0v) is 10.7. The maximum Gasteiger partial charge on any atom is 0.0566 e. The highest BCUT2D eigenvalue weighted by molar-refractivity contribution is 5.01. The van der Waals surface area contributed by atoms with E-state index < -0.39 is 0 Å². The summed E-state index contributed by atoms with van der Waals surface area (Å²) in [5.74, 6) is 0.369. The minimum Gasteiger partial charge on any atom is -0.393 e.